The van der Waals surface area contributed by atoms with Crippen LogP contribution in [0.5, 0.6) is 0 Å². The van der Waals surface area contributed by atoms with E-state index in [1.807, 2.05) is 26.0 Å². The quantitative estimate of drug-likeness (QED) is 0.835. The minimum Gasteiger partial charge on any atom is -0.465 e. The summed E-state index contributed by atoms with van der Waals surface area (Å²) >= 11 is 0. The van der Waals surface area contributed by atoms with Crippen LogP contribution in [0.3, 0.4) is 0 Å². The molecule has 1 heterocycles. The SMILES string of the molecule is CCCCC(NS(=O)(=O)c1ccc(C)cc1)c1ccc(C)o1. The first-order valence-corrected chi connectivity index (χ1v) is 9.06. The van der Waals surface area contributed by atoms with Crippen molar-refractivity contribution in [1.82, 2.24) is 4.72 Å². The number of sulfonamides is 1. The van der Waals surface area contributed by atoms with Crippen LogP contribution in [0.15, 0.2) is 45.7 Å². The Morgan fingerprint density at radius 2 is 1.77 bits per heavy atom. The van der Waals surface area contributed by atoms with E-state index in [1.54, 1.807) is 24.3 Å². The summed E-state index contributed by atoms with van der Waals surface area (Å²) in [5.41, 5.74) is 1.03. The number of hydrogen-bond donors (Lipinski definition) is 1. The van der Waals surface area contributed by atoms with Crippen LogP contribution in [0.4, 0.5) is 0 Å². The number of furan rings is 1. The summed E-state index contributed by atoms with van der Waals surface area (Å²) in [5, 5.41) is 0. The average molecular weight is 321 g/mol. The highest BCUT2D eigenvalue weighted by molar-refractivity contribution is 7.89. The van der Waals surface area contributed by atoms with Crippen LogP contribution in [0.2, 0.25) is 0 Å². The lowest BCUT2D eigenvalue weighted by Crippen LogP contribution is -2.28. The Balaban J connectivity index is 2.23. The molecule has 0 fully saturated rings. The maximum Gasteiger partial charge on any atom is 0.241 e. The normalized spacial score (nSPS) is 13.2. The van der Waals surface area contributed by atoms with Crippen LogP contribution in [0.25, 0.3) is 0 Å². The molecule has 0 saturated carbocycles. The number of benzene rings is 1. The molecule has 1 N–H and O–H groups in total. The summed E-state index contributed by atoms with van der Waals surface area (Å²) in [4.78, 5) is 0.280. The van der Waals surface area contributed by atoms with Crippen molar-refractivity contribution in [3.8, 4) is 0 Å². The molecule has 0 amide bonds. The first kappa shape index (κ1) is 16.8. The van der Waals surface area contributed by atoms with E-state index in [4.69, 9.17) is 4.42 Å². The molecular formula is C17H23NO3S. The van der Waals surface area contributed by atoms with Gasteiger partial charge in [-0.1, -0.05) is 37.5 Å². The van der Waals surface area contributed by atoms with Crippen LogP contribution in [0.1, 0.15) is 49.3 Å². The van der Waals surface area contributed by atoms with Gasteiger partial charge >= 0.3 is 0 Å². The third-order valence-corrected chi connectivity index (χ3v) is 5.07. The van der Waals surface area contributed by atoms with Crippen molar-refractivity contribution >= 4 is 10.0 Å². The highest BCUT2D eigenvalue weighted by Gasteiger charge is 2.23. The molecule has 0 radical (unpaired) electrons. The van der Waals surface area contributed by atoms with Crippen molar-refractivity contribution in [2.24, 2.45) is 0 Å². The zero-order valence-corrected chi connectivity index (χ0v) is 14.1. The van der Waals surface area contributed by atoms with Gasteiger partial charge < -0.3 is 4.42 Å². The lowest BCUT2D eigenvalue weighted by molar-refractivity contribution is 0.408. The molecule has 0 aliphatic rings. The Labute approximate surface area is 132 Å². The molecule has 1 aromatic heterocycles. The highest BCUT2D eigenvalue weighted by Crippen LogP contribution is 2.24. The summed E-state index contributed by atoms with van der Waals surface area (Å²) in [6.45, 7) is 5.87. The van der Waals surface area contributed by atoms with Crippen LogP contribution in [0, 0.1) is 13.8 Å². The predicted molar refractivity (Wildman–Crippen MR) is 87.2 cm³/mol. The molecule has 0 bridgehead atoms. The van der Waals surface area contributed by atoms with E-state index in [2.05, 4.69) is 11.6 Å². The first-order chi connectivity index (χ1) is 10.4. The molecule has 2 rings (SSSR count). The van der Waals surface area contributed by atoms with Crippen molar-refractivity contribution < 1.29 is 12.8 Å². The summed E-state index contributed by atoms with van der Waals surface area (Å²) < 4.78 is 33.5. The Morgan fingerprint density at radius 1 is 1.09 bits per heavy atom. The Morgan fingerprint density at radius 3 is 2.32 bits per heavy atom. The molecule has 0 aliphatic heterocycles. The van der Waals surface area contributed by atoms with Gasteiger partial charge in [-0.2, -0.15) is 0 Å². The fraction of sp³-hybridized carbons (Fsp3) is 0.412. The zero-order chi connectivity index (χ0) is 16.2. The monoisotopic (exact) mass is 321 g/mol. The van der Waals surface area contributed by atoms with Crippen LogP contribution < -0.4 is 4.72 Å². The Bertz CT molecular complexity index is 702. The maximum absolute atomic E-state index is 12.5. The second-order valence-corrected chi connectivity index (χ2v) is 7.29. The lowest BCUT2D eigenvalue weighted by Gasteiger charge is -2.16. The smallest absolute Gasteiger partial charge is 0.241 e. The molecule has 1 aromatic carbocycles. The van der Waals surface area contributed by atoms with Crippen molar-refractivity contribution in [2.75, 3.05) is 0 Å². The molecule has 0 saturated heterocycles. The summed E-state index contributed by atoms with van der Waals surface area (Å²) in [5.74, 6) is 1.45. The third-order valence-electron chi connectivity index (χ3n) is 3.58. The molecule has 2 aromatic rings. The van der Waals surface area contributed by atoms with Gasteiger partial charge in [-0.05, 0) is 44.5 Å². The number of rotatable bonds is 7. The molecule has 1 atom stereocenters. The molecule has 120 valence electrons. The van der Waals surface area contributed by atoms with Crippen LogP contribution in [-0.4, -0.2) is 8.42 Å². The van der Waals surface area contributed by atoms with Gasteiger partial charge in [0, 0.05) is 0 Å². The molecule has 4 nitrogen and oxygen atoms in total. The second kappa shape index (κ2) is 7.11. The topological polar surface area (TPSA) is 59.3 Å². The van der Waals surface area contributed by atoms with E-state index < -0.39 is 10.0 Å². The maximum atomic E-state index is 12.5. The zero-order valence-electron chi connectivity index (χ0n) is 13.3. The third kappa shape index (κ3) is 4.21. The van der Waals surface area contributed by atoms with Crippen LogP contribution in [-0.2, 0) is 10.0 Å². The van der Waals surface area contributed by atoms with Gasteiger partial charge in [0.15, 0.2) is 0 Å². The van der Waals surface area contributed by atoms with Gasteiger partial charge in [-0.15, -0.1) is 0 Å². The van der Waals surface area contributed by atoms with E-state index in [1.165, 1.54) is 0 Å². The summed E-state index contributed by atoms with van der Waals surface area (Å²) in [6.07, 6.45) is 2.65. The van der Waals surface area contributed by atoms with E-state index in [-0.39, 0.29) is 10.9 Å². The van der Waals surface area contributed by atoms with Crippen molar-refractivity contribution in [3.63, 3.8) is 0 Å². The highest BCUT2D eigenvalue weighted by atomic mass is 32.2. The molecule has 0 aliphatic carbocycles. The van der Waals surface area contributed by atoms with Gasteiger partial charge in [0.1, 0.15) is 11.5 Å². The predicted octanol–water partition coefficient (Wildman–Crippen LogP) is 4.11. The van der Waals surface area contributed by atoms with Gasteiger partial charge in [-0.25, -0.2) is 13.1 Å². The standard InChI is InChI=1S/C17H23NO3S/c1-4-5-6-16(17-12-9-14(3)21-17)18-22(19,20)15-10-7-13(2)8-11-15/h7-12,16,18H,4-6H2,1-3H3. The second-order valence-electron chi connectivity index (χ2n) is 5.58. The first-order valence-electron chi connectivity index (χ1n) is 7.57. The van der Waals surface area contributed by atoms with Gasteiger partial charge in [-0.3, -0.25) is 0 Å². The number of unbranched alkanes of at least 4 members (excludes halogenated alkanes) is 1. The number of nitrogens with one attached hydrogen (secondary N) is 1. The van der Waals surface area contributed by atoms with Gasteiger partial charge in [0.05, 0.1) is 10.9 Å². The molecule has 0 spiro atoms. The molecule has 22 heavy (non-hydrogen) atoms. The van der Waals surface area contributed by atoms with Crippen molar-refractivity contribution in [1.29, 1.82) is 0 Å². The molecule has 5 heteroatoms. The van der Waals surface area contributed by atoms with E-state index in [0.717, 1.165) is 24.2 Å². The lowest BCUT2D eigenvalue weighted by atomic mass is 10.1. The molecular weight excluding hydrogens is 298 g/mol. The van der Waals surface area contributed by atoms with E-state index in [9.17, 15) is 8.42 Å². The fourth-order valence-corrected chi connectivity index (χ4v) is 3.52. The van der Waals surface area contributed by atoms with E-state index >= 15 is 0 Å². The minimum atomic E-state index is -3.56. The summed E-state index contributed by atoms with van der Waals surface area (Å²) in [7, 11) is -3.56. The Hall–Kier alpha value is -1.59. The number of hydrogen-bond acceptors (Lipinski definition) is 3. The average Bonchev–Trinajstić information content (AvgIpc) is 2.90. The van der Waals surface area contributed by atoms with Crippen LogP contribution >= 0.6 is 0 Å². The number of aryl methyl sites for hydroxylation is 2. The minimum absolute atomic E-state index is 0.280. The molecule has 1 unspecified atom stereocenters. The summed E-state index contributed by atoms with van der Waals surface area (Å²) in [6, 6.07) is 10.2. The van der Waals surface area contributed by atoms with Crippen molar-refractivity contribution in [2.45, 2.75) is 51.0 Å². The van der Waals surface area contributed by atoms with E-state index in [0.29, 0.717) is 12.2 Å². The largest absolute Gasteiger partial charge is 0.465 e. The van der Waals surface area contributed by atoms with Gasteiger partial charge in [0.2, 0.25) is 10.0 Å². The van der Waals surface area contributed by atoms with Crippen molar-refractivity contribution in [3.05, 3.63) is 53.5 Å². The van der Waals surface area contributed by atoms with Gasteiger partial charge in [0.25, 0.3) is 0 Å². The Kier molecular flexibility index (Phi) is 5.42. The fourth-order valence-electron chi connectivity index (χ4n) is 2.28.